The van der Waals surface area contributed by atoms with E-state index in [0.29, 0.717) is 18.9 Å². The van der Waals surface area contributed by atoms with E-state index in [9.17, 15) is 22.7 Å². The van der Waals surface area contributed by atoms with Crippen LogP contribution in [-0.2, 0) is 6.18 Å². The average Bonchev–Trinajstić information content (AvgIpc) is 2.86. The first-order chi connectivity index (χ1) is 9.28. The molecule has 0 radical (unpaired) electrons. The standard InChI is InChI=1S/C14H17F4NO/c15-11-6-9(5-10(7-11)14(16,17)18)12(20)13(8-19)3-1-2-4-13/h5-7,12,20H,1-4,8,19H2. The van der Waals surface area contributed by atoms with Gasteiger partial charge in [-0.1, -0.05) is 12.8 Å². The Labute approximate surface area is 114 Å². The molecule has 1 atom stereocenters. The lowest BCUT2D eigenvalue weighted by molar-refractivity contribution is -0.137. The third-order valence-electron chi connectivity index (χ3n) is 4.15. The van der Waals surface area contributed by atoms with Crippen molar-refractivity contribution in [3.05, 3.63) is 35.1 Å². The van der Waals surface area contributed by atoms with Gasteiger partial charge in [-0.05, 0) is 36.6 Å². The van der Waals surface area contributed by atoms with Gasteiger partial charge in [0.25, 0.3) is 0 Å². The van der Waals surface area contributed by atoms with Crippen LogP contribution in [0.5, 0.6) is 0 Å². The van der Waals surface area contributed by atoms with Crippen molar-refractivity contribution in [2.45, 2.75) is 38.0 Å². The monoisotopic (exact) mass is 291 g/mol. The van der Waals surface area contributed by atoms with Gasteiger partial charge in [0.05, 0.1) is 11.7 Å². The van der Waals surface area contributed by atoms with Gasteiger partial charge in [0.2, 0.25) is 0 Å². The molecule has 0 spiro atoms. The van der Waals surface area contributed by atoms with Crippen LogP contribution in [-0.4, -0.2) is 11.7 Å². The highest BCUT2D eigenvalue weighted by atomic mass is 19.4. The van der Waals surface area contributed by atoms with Crippen LogP contribution in [0, 0.1) is 11.2 Å². The number of hydrogen-bond donors (Lipinski definition) is 2. The molecule has 0 amide bonds. The SMILES string of the molecule is NCC1(C(O)c2cc(F)cc(C(F)(F)F)c2)CCCC1. The van der Waals surface area contributed by atoms with E-state index in [1.54, 1.807) is 0 Å². The largest absolute Gasteiger partial charge is 0.416 e. The fraction of sp³-hybridized carbons (Fsp3) is 0.571. The Morgan fingerprint density at radius 2 is 1.80 bits per heavy atom. The minimum absolute atomic E-state index is 0.0512. The third kappa shape index (κ3) is 2.81. The molecule has 0 saturated heterocycles. The van der Waals surface area contributed by atoms with Crippen LogP contribution >= 0.6 is 0 Å². The van der Waals surface area contributed by atoms with E-state index in [1.165, 1.54) is 0 Å². The lowest BCUT2D eigenvalue weighted by atomic mass is 9.77. The van der Waals surface area contributed by atoms with Crippen molar-refractivity contribution >= 4 is 0 Å². The maximum atomic E-state index is 13.4. The Balaban J connectivity index is 2.39. The number of aliphatic hydroxyl groups excluding tert-OH is 1. The van der Waals surface area contributed by atoms with Crippen molar-refractivity contribution in [1.82, 2.24) is 0 Å². The normalized spacial score (nSPS) is 20.1. The molecule has 1 aromatic rings. The minimum Gasteiger partial charge on any atom is -0.388 e. The topological polar surface area (TPSA) is 46.2 Å². The second-order valence-electron chi connectivity index (χ2n) is 5.45. The number of alkyl halides is 3. The summed E-state index contributed by atoms with van der Waals surface area (Å²) in [6.45, 7) is 0.173. The zero-order valence-corrected chi connectivity index (χ0v) is 10.9. The molecule has 2 nitrogen and oxygen atoms in total. The molecule has 2 rings (SSSR count). The summed E-state index contributed by atoms with van der Waals surface area (Å²) in [5.41, 5.74) is 3.91. The van der Waals surface area contributed by atoms with Crippen molar-refractivity contribution in [3.63, 3.8) is 0 Å². The van der Waals surface area contributed by atoms with E-state index in [0.717, 1.165) is 25.0 Å². The Morgan fingerprint density at radius 3 is 2.30 bits per heavy atom. The number of hydrogen-bond acceptors (Lipinski definition) is 2. The molecule has 1 aromatic carbocycles. The second-order valence-corrected chi connectivity index (χ2v) is 5.45. The van der Waals surface area contributed by atoms with Gasteiger partial charge in [-0.2, -0.15) is 13.2 Å². The second kappa shape index (κ2) is 5.33. The molecule has 0 aromatic heterocycles. The fourth-order valence-corrected chi connectivity index (χ4v) is 2.96. The summed E-state index contributed by atoms with van der Waals surface area (Å²) in [4.78, 5) is 0. The summed E-state index contributed by atoms with van der Waals surface area (Å²) >= 11 is 0. The van der Waals surface area contributed by atoms with Gasteiger partial charge in [0, 0.05) is 12.0 Å². The molecule has 1 fully saturated rings. The first-order valence-electron chi connectivity index (χ1n) is 6.54. The highest BCUT2D eigenvalue weighted by molar-refractivity contribution is 5.29. The molecule has 1 aliphatic rings. The van der Waals surface area contributed by atoms with Gasteiger partial charge in [0.15, 0.2) is 0 Å². The molecule has 1 saturated carbocycles. The number of rotatable bonds is 3. The predicted octanol–water partition coefficient (Wildman–Crippen LogP) is 3.40. The number of aliphatic hydroxyl groups is 1. The van der Waals surface area contributed by atoms with Crippen molar-refractivity contribution in [2.24, 2.45) is 11.1 Å². The summed E-state index contributed by atoms with van der Waals surface area (Å²) in [6.07, 6.45) is -2.79. The van der Waals surface area contributed by atoms with Crippen LogP contribution < -0.4 is 5.73 Å². The molecule has 0 aliphatic heterocycles. The van der Waals surface area contributed by atoms with Crippen molar-refractivity contribution in [3.8, 4) is 0 Å². The van der Waals surface area contributed by atoms with E-state index < -0.39 is 29.1 Å². The van der Waals surface area contributed by atoms with Crippen LogP contribution in [0.2, 0.25) is 0 Å². The van der Waals surface area contributed by atoms with E-state index in [2.05, 4.69) is 0 Å². The molecule has 112 valence electrons. The van der Waals surface area contributed by atoms with Crippen molar-refractivity contribution in [2.75, 3.05) is 6.54 Å². The van der Waals surface area contributed by atoms with E-state index >= 15 is 0 Å². The lowest BCUT2D eigenvalue weighted by Gasteiger charge is -2.33. The lowest BCUT2D eigenvalue weighted by Crippen LogP contribution is -2.34. The smallest absolute Gasteiger partial charge is 0.388 e. The van der Waals surface area contributed by atoms with Gasteiger partial charge in [0.1, 0.15) is 5.82 Å². The average molecular weight is 291 g/mol. The van der Waals surface area contributed by atoms with Gasteiger partial charge in [-0.15, -0.1) is 0 Å². The molecule has 3 N–H and O–H groups in total. The molecular weight excluding hydrogens is 274 g/mol. The quantitative estimate of drug-likeness (QED) is 0.838. The first kappa shape index (κ1) is 15.3. The van der Waals surface area contributed by atoms with E-state index in [4.69, 9.17) is 5.73 Å². The highest BCUT2D eigenvalue weighted by Gasteiger charge is 2.41. The number of nitrogens with two attached hydrogens (primary N) is 1. The molecular formula is C14H17F4NO. The van der Waals surface area contributed by atoms with E-state index in [1.807, 2.05) is 0 Å². The molecule has 1 aliphatic carbocycles. The Morgan fingerprint density at radius 1 is 1.20 bits per heavy atom. The zero-order valence-electron chi connectivity index (χ0n) is 10.9. The summed E-state index contributed by atoms with van der Waals surface area (Å²) in [5, 5.41) is 10.4. The molecule has 0 heterocycles. The molecule has 0 bridgehead atoms. The third-order valence-corrected chi connectivity index (χ3v) is 4.15. The van der Waals surface area contributed by atoms with Crippen LogP contribution in [0.3, 0.4) is 0 Å². The predicted molar refractivity (Wildman–Crippen MR) is 66.3 cm³/mol. The Bertz CT molecular complexity index is 481. The van der Waals surface area contributed by atoms with Crippen molar-refractivity contribution in [1.29, 1.82) is 0 Å². The van der Waals surface area contributed by atoms with Crippen LogP contribution in [0.25, 0.3) is 0 Å². The first-order valence-corrected chi connectivity index (χ1v) is 6.54. The highest BCUT2D eigenvalue weighted by Crippen LogP contribution is 2.47. The molecule has 20 heavy (non-hydrogen) atoms. The van der Waals surface area contributed by atoms with Crippen LogP contribution in [0.1, 0.15) is 42.9 Å². The summed E-state index contributed by atoms with van der Waals surface area (Å²) in [7, 11) is 0. The maximum Gasteiger partial charge on any atom is 0.416 e. The van der Waals surface area contributed by atoms with Crippen LogP contribution in [0.4, 0.5) is 17.6 Å². The van der Waals surface area contributed by atoms with Crippen molar-refractivity contribution < 1.29 is 22.7 Å². The fourth-order valence-electron chi connectivity index (χ4n) is 2.96. The Hall–Kier alpha value is -1.14. The number of benzene rings is 1. The van der Waals surface area contributed by atoms with Crippen LogP contribution in [0.15, 0.2) is 18.2 Å². The maximum absolute atomic E-state index is 13.4. The molecule has 6 heteroatoms. The van der Waals surface area contributed by atoms with Gasteiger partial charge in [-0.25, -0.2) is 4.39 Å². The minimum atomic E-state index is -4.64. The number of halogens is 4. The molecule has 1 unspecified atom stereocenters. The summed E-state index contributed by atoms with van der Waals surface area (Å²) in [6, 6.07) is 2.19. The summed E-state index contributed by atoms with van der Waals surface area (Å²) < 4.78 is 51.5. The van der Waals surface area contributed by atoms with Gasteiger partial charge < -0.3 is 10.8 Å². The van der Waals surface area contributed by atoms with Gasteiger partial charge in [-0.3, -0.25) is 0 Å². The van der Waals surface area contributed by atoms with Gasteiger partial charge >= 0.3 is 6.18 Å². The zero-order chi connectivity index (χ0) is 15.0. The Kier molecular flexibility index (Phi) is 4.07. The summed E-state index contributed by atoms with van der Waals surface area (Å²) in [5.74, 6) is -1.00. The van der Waals surface area contributed by atoms with E-state index in [-0.39, 0.29) is 12.1 Å².